The second-order valence-corrected chi connectivity index (χ2v) is 4.13. The first-order chi connectivity index (χ1) is 7.36. The van der Waals surface area contributed by atoms with Gasteiger partial charge in [-0.15, -0.1) is 0 Å². The summed E-state index contributed by atoms with van der Waals surface area (Å²) in [4.78, 5) is 8.54. The standard InChI is InChI=1S/C10H11ClN4/c11-10-14-9(7-1-2-12-5-7)8-6-13-3-4-15(8)10/h3-4,6-7,12H,1-2,5H2. The van der Waals surface area contributed by atoms with Crippen LogP contribution in [0.4, 0.5) is 0 Å². The number of nitrogens with one attached hydrogen (secondary N) is 1. The van der Waals surface area contributed by atoms with Crippen molar-refractivity contribution in [3.05, 3.63) is 29.6 Å². The van der Waals surface area contributed by atoms with Crippen molar-refractivity contribution >= 4 is 17.1 Å². The van der Waals surface area contributed by atoms with E-state index >= 15 is 0 Å². The molecule has 0 aliphatic carbocycles. The first-order valence-electron chi connectivity index (χ1n) is 5.04. The molecule has 15 heavy (non-hydrogen) atoms. The summed E-state index contributed by atoms with van der Waals surface area (Å²) in [6.07, 6.45) is 6.51. The van der Waals surface area contributed by atoms with Gasteiger partial charge >= 0.3 is 0 Å². The van der Waals surface area contributed by atoms with Gasteiger partial charge in [-0.1, -0.05) is 0 Å². The summed E-state index contributed by atoms with van der Waals surface area (Å²) < 4.78 is 1.88. The summed E-state index contributed by atoms with van der Waals surface area (Å²) in [5.41, 5.74) is 2.09. The van der Waals surface area contributed by atoms with E-state index in [4.69, 9.17) is 11.6 Å². The Morgan fingerprint density at radius 1 is 1.53 bits per heavy atom. The molecule has 1 fully saturated rings. The maximum absolute atomic E-state index is 6.06. The molecule has 0 spiro atoms. The predicted octanol–water partition coefficient (Wildman–Crippen LogP) is 1.46. The van der Waals surface area contributed by atoms with Crippen LogP contribution in [0.2, 0.25) is 5.28 Å². The highest BCUT2D eigenvalue weighted by Gasteiger charge is 2.22. The molecule has 4 nitrogen and oxygen atoms in total. The molecule has 0 aromatic carbocycles. The Hall–Kier alpha value is -1.13. The lowest BCUT2D eigenvalue weighted by atomic mass is 10.0. The zero-order chi connectivity index (χ0) is 10.3. The van der Waals surface area contributed by atoms with Crippen LogP contribution >= 0.6 is 11.6 Å². The van der Waals surface area contributed by atoms with E-state index in [0.29, 0.717) is 11.2 Å². The van der Waals surface area contributed by atoms with Crippen molar-refractivity contribution in [1.29, 1.82) is 0 Å². The molecule has 2 aromatic heterocycles. The lowest BCUT2D eigenvalue weighted by molar-refractivity contribution is 0.747. The fraction of sp³-hybridized carbons (Fsp3) is 0.400. The van der Waals surface area contributed by atoms with Crippen LogP contribution in [0.15, 0.2) is 18.6 Å². The Labute approximate surface area is 92.3 Å². The molecule has 0 saturated carbocycles. The van der Waals surface area contributed by atoms with E-state index in [2.05, 4.69) is 15.3 Å². The molecule has 1 saturated heterocycles. The molecule has 3 heterocycles. The van der Waals surface area contributed by atoms with Gasteiger partial charge in [0.05, 0.1) is 17.4 Å². The van der Waals surface area contributed by atoms with Gasteiger partial charge in [-0.2, -0.15) is 0 Å². The maximum atomic E-state index is 6.06. The number of hydrogen-bond acceptors (Lipinski definition) is 3. The van der Waals surface area contributed by atoms with Crippen LogP contribution in [-0.2, 0) is 0 Å². The van der Waals surface area contributed by atoms with Crippen LogP contribution in [0.25, 0.3) is 5.52 Å². The third-order valence-corrected chi connectivity index (χ3v) is 3.15. The van der Waals surface area contributed by atoms with Crippen LogP contribution in [0.3, 0.4) is 0 Å². The van der Waals surface area contributed by atoms with E-state index in [9.17, 15) is 0 Å². The van der Waals surface area contributed by atoms with E-state index in [1.54, 1.807) is 6.20 Å². The van der Waals surface area contributed by atoms with Crippen LogP contribution in [0, 0.1) is 0 Å². The molecule has 1 aliphatic heterocycles. The van der Waals surface area contributed by atoms with Crippen molar-refractivity contribution in [2.45, 2.75) is 12.3 Å². The Kier molecular flexibility index (Phi) is 2.11. The van der Waals surface area contributed by atoms with Crippen molar-refractivity contribution in [2.75, 3.05) is 13.1 Å². The minimum absolute atomic E-state index is 0.469. The SMILES string of the molecule is Clc1nc(C2CCNC2)c2cnccn12. The molecule has 0 amide bonds. The minimum Gasteiger partial charge on any atom is -0.316 e. The van der Waals surface area contributed by atoms with Crippen molar-refractivity contribution < 1.29 is 0 Å². The van der Waals surface area contributed by atoms with Crippen molar-refractivity contribution in [3.63, 3.8) is 0 Å². The second-order valence-electron chi connectivity index (χ2n) is 3.79. The summed E-state index contributed by atoms with van der Waals surface area (Å²) in [7, 11) is 0. The molecule has 0 radical (unpaired) electrons. The fourth-order valence-electron chi connectivity index (χ4n) is 2.11. The largest absolute Gasteiger partial charge is 0.316 e. The number of imidazole rings is 1. The monoisotopic (exact) mass is 222 g/mol. The van der Waals surface area contributed by atoms with Gasteiger partial charge in [-0.25, -0.2) is 4.98 Å². The Bertz CT molecular complexity index is 487. The topological polar surface area (TPSA) is 42.2 Å². The van der Waals surface area contributed by atoms with Crippen molar-refractivity contribution in [3.8, 4) is 0 Å². The van der Waals surface area contributed by atoms with Gasteiger partial charge in [0.2, 0.25) is 5.28 Å². The highest BCUT2D eigenvalue weighted by atomic mass is 35.5. The maximum Gasteiger partial charge on any atom is 0.207 e. The second kappa shape index (κ2) is 3.47. The minimum atomic E-state index is 0.469. The molecule has 1 atom stereocenters. The van der Waals surface area contributed by atoms with Gasteiger partial charge in [-0.05, 0) is 24.6 Å². The van der Waals surface area contributed by atoms with Gasteiger partial charge in [0.25, 0.3) is 0 Å². The van der Waals surface area contributed by atoms with E-state index in [1.165, 1.54) is 0 Å². The first-order valence-corrected chi connectivity index (χ1v) is 5.42. The average molecular weight is 223 g/mol. The van der Waals surface area contributed by atoms with Gasteiger partial charge in [0.15, 0.2) is 0 Å². The molecule has 0 bridgehead atoms. The summed E-state index contributed by atoms with van der Waals surface area (Å²) in [6.45, 7) is 2.04. The van der Waals surface area contributed by atoms with Gasteiger partial charge < -0.3 is 5.32 Å². The fourth-order valence-corrected chi connectivity index (χ4v) is 2.35. The Balaban J connectivity index is 2.17. The smallest absolute Gasteiger partial charge is 0.207 e. The normalized spacial score (nSPS) is 21.3. The molecule has 5 heteroatoms. The van der Waals surface area contributed by atoms with Crippen molar-refractivity contribution in [1.82, 2.24) is 19.7 Å². The van der Waals surface area contributed by atoms with Crippen LogP contribution in [0.5, 0.6) is 0 Å². The Morgan fingerprint density at radius 2 is 2.47 bits per heavy atom. The van der Waals surface area contributed by atoms with Gasteiger partial charge in [-0.3, -0.25) is 9.38 Å². The summed E-state index contributed by atoms with van der Waals surface area (Å²) in [5, 5.41) is 3.85. The number of hydrogen-bond donors (Lipinski definition) is 1. The van der Waals surface area contributed by atoms with E-state index < -0.39 is 0 Å². The van der Waals surface area contributed by atoms with E-state index in [1.807, 2.05) is 16.8 Å². The van der Waals surface area contributed by atoms with Crippen LogP contribution in [0.1, 0.15) is 18.0 Å². The number of nitrogens with zero attached hydrogens (tertiary/aromatic N) is 3. The van der Waals surface area contributed by atoms with Crippen LogP contribution < -0.4 is 5.32 Å². The summed E-state index contributed by atoms with van der Waals surface area (Å²) in [5.74, 6) is 0.469. The number of aromatic nitrogens is 3. The lowest BCUT2D eigenvalue weighted by Crippen LogP contribution is -2.08. The quantitative estimate of drug-likeness (QED) is 0.795. The number of halogens is 1. The molecule has 78 valence electrons. The zero-order valence-electron chi connectivity index (χ0n) is 8.15. The third kappa shape index (κ3) is 1.41. The zero-order valence-corrected chi connectivity index (χ0v) is 8.91. The number of rotatable bonds is 1. The number of fused-ring (bicyclic) bond motifs is 1. The van der Waals surface area contributed by atoms with Gasteiger partial charge in [0, 0.05) is 24.9 Å². The highest BCUT2D eigenvalue weighted by Crippen LogP contribution is 2.27. The summed E-state index contributed by atoms with van der Waals surface area (Å²) >= 11 is 6.06. The highest BCUT2D eigenvalue weighted by molar-refractivity contribution is 6.28. The van der Waals surface area contributed by atoms with E-state index in [-0.39, 0.29) is 0 Å². The summed E-state index contributed by atoms with van der Waals surface area (Å²) in [6, 6.07) is 0. The molecule has 1 N–H and O–H groups in total. The predicted molar refractivity (Wildman–Crippen MR) is 58.2 cm³/mol. The molecule has 1 aliphatic rings. The molecule has 2 aromatic rings. The van der Waals surface area contributed by atoms with Gasteiger partial charge in [0.1, 0.15) is 0 Å². The third-order valence-electron chi connectivity index (χ3n) is 2.88. The molecular formula is C10H11ClN4. The molecule has 1 unspecified atom stereocenters. The molecular weight excluding hydrogens is 212 g/mol. The molecule has 3 rings (SSSR count). The van der Waals surface area contributed by atoms with Crippen LogP contribution in [-0.4, -0.2) is 27.5 Å². The first kappa shape index (κ1) is 9.12. The average Bonchev–Trinajstić information content (AvgIpc) is 2.87. The Morgan fingerprint density at radius 3 is 3.27 bits per heavy atom. The lowest BCUT2D eigenvalue weighted by Gasteiger charge is -2.04. The van der Waals surface area contributed by atoms with Crippen molar-refractivity contribution in [2.24, 2.45) is 0 Å². The van der Waals surface area contributed by atoms with E-state index in [0.717, 1.165) is 30.7 Å².